The van der Waals surface area contributed by atoms with Gasteiger partial charge in [0.25, 0.3) is 0 Å². The average molecular weight is 277 g/mol. The highest BCUT2D eigenvalue weighted by molar-refractivity contribution is 5.14. The van der Waals surface area contributed by atoms with Crippen LogP contribution in [-0.4, -0.2) is 31.1 Å². The van der Waals surface area contributed by atoms with Gasteiger partial charge in [0.1, 0.15) is 0 Å². The summed E-state index contributed by atoms with van der Waals surface area (Å²) in [5.41, 5.74) is 12.5. The average Bonchev–Trinajstić information content (AvgIpc) is 2.48. The van der Waals surface area contributed by atoms with E-state index in [2.05, 4.69) is 35.2 Å². The summed E-state index contributed by atoms with van der Waals surface area (Å²) < 4.78 is 0. The summed E-state index contributed by atoms with van der Waals surface area (Å²) in [6.45, 7) is 5.02. The summed E-state index contributed by atoms with van der Waals surface area (Å²) in [5, 5.41) is 0. The molecule has 0 amide bonds. The van der Waals surface area contributed by atoms with Gasteiger partial charge in [0.2, 0.25) is 0 Å². The lowest BCUT2D eigenvalue weighted by Gasteiger charge is -2.22. The van der Waals surface area contributed by atoms with Crippen LogP contribution in [0.25, 0.3) is 0 Å². The first-order valence-corrected chi connectivity index (χ1v) is 8.03. The Kier molecular flexibility index (Phi) is 10.2. The van der Waals surface area contributed by atoms with Crippen molar-refractivity contribution in [1.82, 2.24) is 4.90 Å². The van der Waals surface area contributed by atoms with Gasteiger partial charge in [-0.15, -0.1) is 0 Å². The molecular weight excluding hydrogens is 246 g/mol. The molecule has 0 aliphatic heterocycles. The van der Waals surface area contributed by atoms with Gasteiger partial charge in [-0.3, -0.25) is 4.90 Å². The fourth-order valence-corrected chi connectivity index (χ4v) is 2.42. The van der Waals surface area contributed by atoms with Crippen molar-refractivity contribution in [2.24, 2.45) is 11.5 Å². The topological polar surface area (TPSA) is 55.3 Å². The van der Waals surface area contributed by atoms with Crippen LogP contribution in [0.15, 0.2) is 30.3 Å². The van der Waals surface area contributed by atoms with Crippen LogP contribution in [0.2, 0.25) is 0 Å². The van der Waals surface area contributed by atoms with Crippen molar-refractivity contribution in [1.29, 1.82) is 0 Å². The normalized spacial score (nSPS) is 11.2. The van der Waals surface area contributed by atoms with Gasteiger partial charge >= 0.3 is 0 Å². The molecule has 0 heterocycles. The molecule has 20 heavy (non-hydrogen) atoms. The van der Waals surface area contributed by atoms with Crippen molar-refractivity contribution in [3.63, 3.8) is 0 Å². The summed E-state index contributed by atoms with van der Waals surface area (Å²) in [7, 11) is 0. The van der Waals surface area contributed by atoms with Gasteiger partial charge in [-0.1, -0.05) is 43.2 Å². The van der Waals surface area contributed by atoms with E-state index in [1.54, 1.807) is 0 Å². The molecule has 3 nitrogen and oxygen atoms in total. The highest BCUT2D eigenvalue weighted by Crippen LogP contribution is 2.08. The molecule has 0 aromatic heterocycles. The molecule has 3 heteroatoms. The second-order valence-electron chi connectivity index (χ2n) is 5.46. The van der Waals surface area contributed by atoms with E-state index in [1.807, 2.05) is 0 Å². The first-order chi connectivity index (χ1) is 9.86. The van der Waals surface area contributed by atoms with Crippen LogP contribution in [0.1, 0.15) is 44.1 Å². The molecule has 0 bridgehead atoms. The molecule has 4 N–H and O–H groups in total. The van der Waals surface area contributed by atoms with Gasteiger partial charge in [0.05, 0.1) is 0 Å². The number of benzene rings is 1. The molecule has 1 aromatic carbocycles. The molecule has 114 valence electrons. The highest BCUT2D eigenvalue weighted by atomic mass is 15.1. The lowest BCUT2D eigenvalue weighted by Crippen LogP contribution is -2.26. The third-order valence-corrected chi connectivity index (χ3v) is 3.61. The van der Waals surface area contributed by atoms with E-state index in [-0.39, 0.29) is 0 Å². The third-order valence-electron chi connectivity index (χ3n) is 3.61. The number of hydrogen-bond donors (Lipinski definition) is 2. The van der Waals surface area contributed by atoms with Crippen molar-refractivity contribution < 1.29 is 0 Å². The minimum Gasteiger partial charge on any atom is -0.330 e. The van der Waals surface area contributed by atoms with Crippen molar-refractivity contribution in [3.8, 4) is 0 Å². The Labute approximate surface area is 124 Å². The smallest absolute Gasteiger partial charge is 0.0233 e. The largest absolute Gasteiger partial charge is 0.330 e. The van der Waals surface area contributed by atoms with E-state index in [9.17, 15) is 0 Å². The van der Waals surface area contributed by atoms with E-state index < -0.39 is 0 Å². The maximum absolute atomic E-state index is 5.59. The Morgan fingerprint density at radius 1 is 0.700 bits per heavy atom. The standard InChI is InChI=1S/C17H31N3/c18-12-6-1-2-8-14-20(15-9-7-13-19)16-17-10-4-3-5-11-17/h3-5,10-11H,1-2,6-9,12-16,18-19H2. The monoisotopic (exact) mass is 277 g/mol. The Morgan fingerprint density at radius 3 is 1.90 bits per heavy atom. The Balaban J connectivity index is 2.31. The van der Waals surface area contributed by atoms with Crippen LogP contribution in [0.5, 0.6) is 0 Å². The Morgan fingerprint density at radius 2 is 1.25 bits per heavy atom. The lowest BCUT2D eigenvalue weighted by molar-refractivity contribution is 0.254. The van der Waals surface area contributed by atoms with Gasteiger partial charge in [-0.25, -0.2) is 0 Å². The Bertz CT molecular complexity index is 313. The summed E-state index contributed by atoms with van der Waals surface area (Å²) in [4.78, 5) is 2.56. The van der Waals surface area contributed by atoms with Crippen LogP contribution in [0.3, 0.4) is 0 Å². The molecule has 0 saturated heterocycles. The molecule has 0 spiro atoms. The van der Waals surface area contributed by atoms with Crippen molar-refractivity contribution in [2.75, 3.05) is 26.2 Å². The number of unbranched alkanes of at least 4 members (excludes halogenated alkanes) is 4. The molecule has 0 radical (unpaired) electrons. The summed E-state index contributed by atoms with van der Waals surface area (Å²) >= 11 is 0. The second-order valence-corrected chi connectivity index (χ2v) is 5.46. The number of nitrogens with two attached hydrogens (primary N) is 2. The first-order valence-electron chi connectivity index (χ1n) is 8.03. The molecule has 0 unspecified atom stereocenters. The van der Waals surface area contributed by atoms with E-state index >= 15 is 0 Å². The predicted octanol–water partition coefficient (Wildman–Crippen LogP) is 2.75. The van der Waals surface area contributed by atoms with Crippen LogP contribution >= 0.6 is 0 Å². The Hall–Kier alpha value is -0.900. The number of hydrogen-bond acceptors (Lipinski definition) is 3. The minimum absolute atomic E-state index is 0.801. The molecular formula is C17H31N3. The van der Waals surface area contributed by atoms with Gasteiger partial charge in [-0.05, 0) is 57.4 Å². The maximum atomic E-state index is 5.59. The highest BCUT2D eigenvalue weighted by Gasteiger charge is 2.05. The lowest BCUT2D eigenvalue weighted by atomic mass is 10.1. The van der Waals surface area contributed by atoms with Gasteiger partial charge in [0, 0.05) is 6.54 Å². The zero-order chi connectivity index (χ0) is 14.5. The van der Waals surface area contributed by atoms with E-state index in [1.165, 1.54) is 37.8 Å². The molecule has 1 rings (SSSR count). The molecule has 0 fully saturated rings. The summed E-state index contributed by atoms with van der Waals surface area (Å²) in [6, 6.07) is 10.7. The van der Waals surface area contributed by atoms with Crippen LogP contribution in [0, 0.1) is 0 Å². The van der Waals surface area contributed by atoms with E-state index in [0.29, 0.717) is 0 Å². The predicted molar refractivity (Wildman–Crippen MR) is 87.5 cm³/mol. The van der Waals surface area contributed by atoms with Crippen LogP contribution in [0.4, 0.5) is 0 Å². The SMILES string of the molecule is NCCCCCCN(CCCCN)Cc1ccccc1. The van der Waals surface area contributed by atoms with E-state index in [4.69, 9.17) is 11.5 Å². The molecule has 0 atom stereocenters. The second kappa shape index (κ2) is 11.9. The first kappa shape index (κ1) is 17.2. The fourth-order valence-electron chi connectivity index (χ4n) is 2.42. The number of nitrogens with zero attached hydrogens (tertiary/aromatic N) is 1. The quantitative estimate of drug-likeness (QED) is 0.578. The van der Waals surface area contributed by atoms with Crippen molar-refractivity contribution in [2.45, 2.75) is 45.1 Å². The molecule has 0 aliphatic carbocycles. The van der Waals surface area contributed by atoms with E-state index in [0.717, 1.165) is 39.0 Å². The van der Waals surface area contributed by atoms with Gasteiger partial charge < -0.3 is 11.5 Å². The van der Waals surface area contributed by atoms with Crippen LogP contribution in [-0.2, 0) is 6.54 Å². The molecule has 1 aromatic rings. The van der Waals surface area contributed by atoms with Gasteiger partial charge in [-0.2, -0.15) is 0 Å². The zero-order valence-corrected chi connectivity index (χ0v) is 12.8. The fraction of sp³-hybridized carbons (Fsp3) is 0.647. The molecule has 0 saturated carbocycles. The summed E-state index contributed by atoms with van der Waals surface area (Å²) in [6.07, 6.45) is 7.31. The minimum atomic E-state index is 0.801. The summed E-state index contributed by atoms with van der Waals surface area (Å²) in [5.74, 6) is 0. The number of rotatable bonds is 12. The zero-order valence-electron chi connectivity index (χ0n) is 12.8. The van der Waals surface area contributed by atoms with Crippen molar-refractivity contribution >= 4 is 0 Å². The molecule has 0 aliphatic rings. The van der Waals surface area contributed by atoms with Crippen LogP contribution < -0.4 is 11.5 Å². The maximum Gasteiger partial charge on any atom is 0.0233 e. The third kappa shape index (κ3) is 8.31. The van der Waals surface area contributed by atoms with Gasteiger partial charge in [0.15, 0.2) is 0 Å². The van der Waals surface area contributed by atoms with Crippen molar-refractivity contribution in [3.05, 3.63) is 35.9 Å².